The molecule has 0 N–H and O–H groups in total. The lowest BCUT2D eigenvalue weighted by atomic mass is 10.1. The van der Waals surface area contributed by atoms with E-state index in [0.717, 1.165) is 48.1 Å². The Morgan fingerprint density at radius 3 is 2.48 bits per heavy atom. The Balaban J connectivity index is 1.31. The van der Waals surface area contributed by atoms with Crippen LogP contribution in [0.4, 0.5) is 13.2 Å². The molecule has 33 heavy (non-hydrogen) atoms. The number of carbonyl (C=O) groups is 2. The highest BCUT2D eigenvalue weighted by Crippen LogP contribution is 2.53. The van der Waals surface area contributed by atoms with Crippen molar-refractivity contribution in [3.8, 4) is 0 Å². The molecule has 2 amide bonds. The van der Waals surface area contributed by atoms with Gasteiger partial charge in [-0.25, -0.2) is 4.52 Å². The Labute approximate surface area is 193 Å². The molecule has 4 fully saturated rings. The first kappa shape index (κ1) is 21.3. The summed E-state index contributed by atoms with van der Waals surface area (Å²) in [6, 6.07) is 2.64. The summed E-state index contributed by atoms with van der Waals surface area (Å²) in [5, 5.41) is 3.89. The number of aromatic nitrogens is 2. The van der Waals surface area contributed by atoms with Gasteiger partial charge in [-0.2, -0.15) is 18.3 Å². The van der Waals surface area contributed by atoms with E-state index in [1.54, 1.807) is 6.07 Å². The third kappa shape index (κ3) is 3.50. The fraction of sp³-hybridized carbons (Fsp3) is 0.609. The van der Waals surface area contributed by atoms with Gasteiger partial charge >= 0.3 is 6.18 Å². The van der Waals surface area contributed by atoms with Crippen LogP contribution in [0.1, 0.15) is 66.7 Å². The minimum absolute atomic E-state index is 0.0690. The van der Waals surface area contributed by atoms with Crippen LogP contribution >= 0.6 is 11.6 Å². The number of nitrogens with zero attached hydrogens (tertiary/aromatic N) is 4. The molecule has 10 heteroatoms. The highest BCUT2D eigenvalue weighted by molar-refractivity contribution is 6.36. The number of alkyl halides is 3. The van der Waals surface area contributed by atoms with E-state index >= 15 is 0 Å². The van der Waals surface area contributed by atoms with E-state index in [-0.39, 0.29) is 46.7 Å². The molecule has 176 valence electrons. The predicted molar refractivity (Wildman–Crippen MR) is 114 cm³/mol. The number of hydrogen-bond donors (Lipinski definition) is 0. The first-order chi connectivity index (χ1) is 15.6. The van der Waals surface area contributed by atoms with Crippen LogP contribution in [0.3, 0.4) is 0 Å². The van der Waals surface area contributed by atoms with Crippen molar-refractivity contribution in [2.24, 2.45) is 11.8 Å². The summed E-state index contributed by atoms with van der Waals surface area (Å²) < 4.78 is 42.0. The van der Waals surface area contributed by atoms with E-state index in [2.05, 4.69) is 5.10 Å². The maximum Gasteiger partial charge on any atom is 0.433 e. The number of piperazine rings is 1. The van der Waals surface area contributed by atoms with Crippen LogP contribution in [0.5, 0.6) is 0 Å². The molecule has 6 rings (SSSR count). The summed E-state index contributed by atoms with van der Waals surface area (Å²) in [7, 11) is 0. The molecule has 3 atom stereocenters. The molecule has 0 spiro atoms. The molecular formula is C23H24ClF3N4O2. The maximum absolute atomic E-state index is 13.8. The van der Waals surface area contributed by atoms with E-state index in [9.17, 15) is 22.8 Å². The highest BCUT2D eigenvalue weighted by atomic mass is 35.5. The lowest BCUT2D eigenvalue weighted by Gasteiger charge is -2.42. The van der Waals surface area contributed by atoms with Crippen molar-refractivity contribution >= 4 is 28.9 Å². The van der Waals surface area contributed by atoms with Crippen LogP contribution in [-0.2, 0) is 11.0 Å². The maximum atomic E-state index is 13.8. The summed E-state index contributed by atoms with van der Waals surface area (Å²) in [5.41, 5.74) is -0.566. The number of halogens is 4. The van der Waals surface area contributed by atoms with Gasteiger partial charge < -0.3 is 9.80 Å². The van der Waals surface area contributed by atoms with Crippen LogP contribution in [-0.4, -0.2) is 56.4 Å². The van der Waals surface area contributed by atoms with Crippen LogP contribution in [0.15, 0.2) is 12.1 Å². The number of pyridine rings is 1. The summed E-state index contributed by atoms with van der Waals surface area (Å²) in [4.78, 5) is 29.5. The molecule has 4 aliphatic rings. The predicted octanol–water partition coefficient (Wildman–Crippen LogP) is 4.36. The molecular weight excluding hydrogens is 457 g/mol. The van der Waals surface area contributed by atoms with Crippen molar-refractivity contribution in [2.45, 2.75) is 63.2 Å². The topological polar surface area (TPSA) is 57.9 Å². The van der Waals surface area contributed by atoms with Crippen molar-refractivity contribution in [3.05, 3.63) is 34.1 Å². The van der Waals surface area contributed by atoms with Crippen LogP contribution < -0.4 is 0 Å². The Morgan fingerprint density at radius 1 is 1.15 bits per heavy atom. The number of fused-ring (bicyclic) bond motifs is 2. The summed E-state index contributed by atoms with van der Waals surface area (Å²) in [6.45, 7) is 2.15. The number of rotatable bonds is 3. The van der Waals surface area contributed by atoms with Crippen molar-refractivity contribution in [2.75, 3.05) is 13.1 Å². The Bertz CT molecular complexity index is 1160. The van der Waals surface area contributed by atoms with Gasteiger partial charge in [0.2, 0.25) is 5.91 Å². The number of amides is 2. The Kier molecular flexibility index (Phi) is 4.58. The van der Waals surface area contributed by atoms with E-state index in [1.165, 1.54) is 11.3 Å². The molecule has 0 radical (unpaired) electrons. The van der Waals surface area contributed by atoms with E-state index in [1.807, 2.05) is 11.8 Å². The van der Waals surface area contributed by atoms with Gasteiger partial charge in [-0.15, -0.1) is 0 Å². The van der Waals surface area contributed by atoms with Crippen molar-refractivity contribution < 1.29 is 22.8 Å². The van der Waals surface area contributed by atoms with E-state index < -0.39 is 17.8 Å². The molecule has 0 aromatic carbocycles. The zero-order chi connectivity index (χ0) is 23.2. The molecule has 1 saturated heterocycles. The Hall–Kier alpha value is -2.29. The largest absolute Gasteiger partial charge is 0.433 e. The number of hydrogen-bond acceptors (Lipinski definition) is 3. The third-order valence-electron chi connectivity index (χ3n) is 7.78. The molecule has 3 heterocycles. The summed E-state index contributed by atoms with van der Waals surface area (Å²) in [5.74, 6) is 0.809. The smallest absolute Gasteiger partial charge is 0.336 e. The quantitative estimate of drug-likeness (QED) is 0.656. The molecule has 1 aliphatic heterocycles. The summed E-state index contributed by atoms with van der Waals surface area (Å²) in [6.07, 6.45) is 0.329. The van der Waals surface area contributed by atoms with Crippen LogP contribution in [0.2, 0.25) is 5.02 Å². The molecule has 6 nitrogen and oxygen atoms in total. The normalized spacial score (nSPS) is 29.7. The highest BCUT2D eigenvalue weighted by Gasteiger charge is 2.50. The fourth-order valence-electron chi connectivity index (χ4n) is 5.71. The lowest BCUT2D eigenvalue weighted by Crippen LogP contribution is -2.59. The third-order valence-corrected chi connectivity index (χ3v) is 8.15. The van der Waals surface area contributed by atoms with Gasteiger partial charge in [0, 0.05) is 18.6 Å². The van der Waals surface area contributed by atoms with Gasteiger partial charge in [0.25, 0.3) is 5.91 Å². The van der Waals surface area contributed by atoms with Gasteiger partial charge in [0.1, 0.15) is 12.2 Å². The second kappa shape index (κ2) is 7.10. The van der Waals surface area contributed by atoms with Crippen molar-refractivity contribution in [3.63, 3.8) is 0 Å². The second-order valence-electron chi connectivity index (χ2n) is 10.1. The molecule has 0 bridgehead atoms. The van der Waals surface area contributed by atoms with E-state index in [0.29, 0.717) is 12.1 Å². The van der Waals surface area contributed by atoms with Gasteiger partial charge in [-0.3, -0.25) is 9.59 Å². The lowest BCUT2D eigenvalue weighted by molar-refractivity contribution is -0.142. The van der Waals surface area contributed by atoms with Gasteiger partial charge in [0.05, 0.1) is 10.5 Å². The first-order valence-corrected chi connectivity index (χ1v) is 11.9. The molecule has 3 unspecified atom stereocenters. The fourth-order valence-corrected chi connectivity index (χ4v) is 5.96. The first-order valence-electron chi connectivity index (χ1n) is 11.5. The van der Waals surface area contributed by atoms with Crippen molar-refractivity contribution in [1.82, 2.24) is 19.4 Å². The summed E-state index contributed by atoms with van der Waals surface area (Å²) >= 11 is 6.43. The molecule has 3 aliphatic carbocycles. The zero-order valence-corrected chi connectivity index (χ0v) is 18.9. The average molecular weight is 481 g/mol. The second-order valence-corrected chi connectivity index (χ2v) is 10.5. The number of carbonyl (C=O) groups excluding carboxylic acids is 2. The van der Waals surface area contributed by atoms with Crippen LogP contribution in [0, 0.1) is 11.8 Å². The minimum atomic E-state index is -4.64. The minimum Gasteiger partial charge on any atom is -0.336 e. The molecule has 3 saturated carbocycles. The van der Waals surface area contributed by atoms with Gasteiger partial charge in [0.15, 0.2) is 5.69 Å². The van der Waals surface area contributed by atoms with E-state index in [4.69, 9.17) is 11.6 Å². The zero-order valence-electron chi connectivity index (χ0n) is 18.1. The van der Waals surface area contributed by atoms with Crippen molar-refractivity contribution in [1.29, 1.82) is 0 Å². The average Bonchev–Trinajstić information content (AvgIpc) is 3.68. The Morgan fingerprint density at radius 2 is 1.85 bits per heavy atom. The van der Waals surface area contributed by atoms with Crippen LogP contribution in [0.25, 0.3) is 5.52 Å². The SMILES string of the molecule is CC1CN(C2CC3CC3C2)C(=O)CN1C(=O)c1nn2c(C(F)(F)F)cc(C3CC3)cc2c1Cl. The molecule has 2 aromatic rings. The molecule has 2 aromatic heterocycles. The van der Waals surface area contributed by atoms with Gasteiger partial charge in [-0.05, 0) is 74.5 Å². The standard InChI is InChI=1S/C23H24ClF3N4O2/c1-11-9-30(16-5-13-4-14(13)6-16)19(32)10-29(11)22(33)21-20(24)17-7-15(12-2-3-12)8-18(23(25,26)27)31(17)28-21/h7-8,11-14,16H,2-6,9-10H2,1H3. The monoisotopic (exact) mass is 480 g/mol. The van der Waals surface area contributed by atoms with Gasteiger partial charge in [-0.1, -0.05) is 11.6 Å².